The maximum Gasteiger partial charge on any atom is 0.346 e. The average molecular weight is 372 g/mol. The summed E-state index contributed by atoms with van der Waals surface area (Å²) in [5.41, 5.74) is 3.13. The molecule has 0 amide bonds. The molecule has 4 nitrogen and oxygen atoms in total. The molecule has 2 heterocycles. The van der Waals surface area contributed by atoms with Crippen LogP contribution in [0.5, 0.6) is 0 Å². The molecule has 2 aromatic rings. The van der Waals surface area contributed by atoms with E-state index in [1.165, 1.54) is 29.7 Å². The molecule has 1 N–H and O–H groups in total. The van der Waals surface area contributed by atoms with Crippen LogP contribution in [0.2, 0.25) is 0 Å². The van der Waals surface area contributed by atoms with Crippen molar-refractivity contribution in [2.24, 2.45) is 0 Å². The Kier molecular flexibility index (Phi) is 6.12. The van der Waals surface area contributed by atoms with Crippen molar-refractivity contribution in [1.29, 1.82) is 0 Å². The van der Waals surface area contributed by atoms with Crippen LogP contribution >= 0.6 is 11.3 Å². The van der Waals surface area contributed by atoms with Crippen molar-refractivity contribution in [3.63, 3.8) is 0 Å². The number of thiophene rings is 1. The summed E-state index contributed by atoms with van der Waals surface area (Å²) in [4.78, 5) is 15.2. The van der Waals surface area contributed by atoms with E-state index in [1.54, 1.807) is 12.3 Å². The molecule has 0 bridgehead atoms. The molecule has 138 valence electrons. The van der Waals surface area contributed by atoms with Gasteiger partial charge < -0.3 is 14.7 Å². The van der Waals surface area contributed by atoms with Gasteiger partial charge >= 0.3 is 5.97 Å². The normalized spacial score (nSPS) is 16.2. The van der Waals surface area contributed by atoms with Crippen molar-refractivity contribution >= 4 is 23.4 Å². The molecule has 1 aliphatic heterocycles. The van der Waals surface area contributed by atoms with Gasteiger partial charge in [-0.3, -0.25) is 0 Å². The van der Waals surface area contributed by atoms with Crippen LogP contribution in [-0.4, -0.2) is 42.7 Å². The fourth-order valence-electron chi connectivity index (χ4n) is 3.32. The first-order valence-corrected chi connectivity index (χ1v) is 9.84. The summed E-state index contributed by atoms with van der Waals surface area (Å²) < 4.78 is 5.21. The molecule has 1 saturated heterocycles. The number of benzene rings is 1. The molecule has 0 radical (unpaired) electrons. The van der Waals surface area contributed by atoms with Gasteiger partial charge in [-0.15, -0.1) is 11.3 Å². The van der Waals surface area contributed by atoms with Crippen molar-refractivity contribution < 1.29 is 14.6 Å². The molecule has 0 atom stereocenters. The second kappa shape index (κ2) is 8.52. The Morgan fingerprint density at radius 3 is 2.62 bits per heavy atom. The fraction of sp³-hybridized carbons (Fsp3) is 0.381. The minimum atomic E-state index is -0.902. The third-order valence-corrected chi connectivity index (χ3v) is 6.04. The molecule has 1 fully saturated rings. The largest absolute Gasteiger partial charge is 0.501 e. The maximum absolute atomic E-state index is 11.5. The number of piperidine rings is 1. The highest BCUT2D eigenvalue weighted by molar-refractivity contribution is 7.17. The van der Waals surface area contributed by atoms with Gasteiger partial charge in [0.15, 0.2) is 0 Å². The third kappa shape index (κ3) is 4.34. The number of likely N-dealkylation sites (tertiary alicyclic amines) is 1. The van der Waals surface area contributed by atoms with Crippen LogP contribution in [0.3, 0.4) is 0 Å². The first-order valence-electron chi connectivity index (χ1n) is 9.02. The predicted octanol–water partition coefficient (Wildman–Crippen LogP) is 4.93. The molecule has 0 saturated carbocycles. The van der Waals surface area contributed by atoms with Gasteiger partial charge in [-0.25, -0.2) is 4.79 Å². The minimum absolute atomic E-state index is 0.343. The Morgan fingerprint density at radius 1 is 1.31 bits per heavy atom. The number of hydrogen-bond donors (Lipinski definition) is 1. The van der Waals surface area contributed by atoms with Gasteiger partial charge in [0, 0.05) is 10.4 Å². The summed E-state index contributed by atoms with van der Waals surface area (Å²) in [6.07, 6.45) is 5.68. The standard InChI is InChI=1S/C21H25NO3S/c1-3-25-13-10-18-14-19(26-20(18)21(23)24)17-6-4-15(5-7-17)16-8-11-22(2)12-9-16/h4-7,10,13-14,16H,3,8-9,11-12H2,1-2H3,(H,23,24)/b13-10+. The molecule has 1 aromatic carbocycles. The Morgan fingerprint density at radius 2 is 2.00 bits per heavy atom. The topological polar surface area (TPSA) is 49.8 Å². The van der Waals surface area contributed by atoms with E-state index in [9.17, 15) is 9.90 Å². The third-order valence-electron chi connectivity index (χ3n) is 4.85. The highest BCUT2D eigenvalue weighted by Crippen LogP contribution is 2.34. The Hall–Kier alpha value is -2.11. The summed E-state index contributed by atoms with van der Waals surface area (Å²) in [6.45, 7) is 4.76. The van der Waals surface area contributed by atoms with E-state index in [1.807, 2.05) is 13.0 Å². The van der Waals surface area contributed by atoms with Crippen LogP contribution in [0.1, 0.15) is 46.5 Å². The zero-order chi connectivity index (χ0) is 18.5. The van der Waals surface area contributed by atoms with Crippen LogP contribution in [0, 0.1) is 0 Å². The number of aromatic carboxylic acids is 1. The lowest BCUT2D eigenvalue weighted by Gasteiger charge is -2.29. The Labute approximate surface area is 158 Å². The monoisotopic (exact) mass is 371 g/mol. The van der Waals surface area contributed by atoms with Crippen molar-refractivity contribution in [1.82, 2.24) is 4.90 Å². The minimum Gasteiger partial charge on any atom is -0.501 e. The van der Waals surface area contributed by atoms with Crippen LogP contribution in [-0.2, 0) is 4.74 Å². The summed E-state index contributed by atoms with van der Waals surface area (Å²) in [6, 6.07) is 10.5. The summed E-state index contributed by atoms with van der Waals surface area (Å²) in [5, 5.41) is 9.45. The molecular formula is C21H25NO3S. The van der Waals surface area contributed by atoms with E-state index < -0.39 is 5.97 Å². The zero-order valence-electron chi connectivity index (χ0n) is 15.3. The molecular weight excluding hydrogens is 346 g/mol. The number of rotatable bonds is 6. The van der Waals surface area contributed by atoms with Crippen LogP contribution < -0.4 is 0 Å². The second-order valence-electron chi connectivity index (χ2n) is 6.66. The van der Waals surface area contributed by atoms with Crippen molar-refractivity contribution in [3.05, 3.63) is 52.6 Å². The lowest BCUT2D eigenvalue weighted by Crippen LogP contribution is -2.29. The lowest BCUT2D eigenvalue weighted by molar-refractivity contribution is 0.0702. The second-order valence-corrected chi connectivity index (χ2v) is 7.71. The lowest BCUT2D eigenvalue weighted by atomic mass is 9.89. The number of hydrogen-bond acceptors (Lipinski definition) is 4. The van der Waals surface area contributed by atoms with Gasteiger partial charge in [0.05, 0.1) is 12.9 Å². The van der Waals surface area contributed by atoms with Crippen LogP contribution in [0.25, 0.3) is 16.5 Å². The maximum atomic E-state index is 11.5. The van der Waals surface area contributed by atoms with Gasteiger partial charge in [0.1, 0.15) is 4.88 Å². The van der Waals surface area contributed by atoms with Crippen LogP contribution in [0.4, 0.5) is 0 Å². The number of carbonyl (C=O) groups is 1. The van der Waals surface area contributed by atoms with E-state index >= 15 is 0 Å². The highest BCUT2D eigenvalue weighted by Gasteiger charge is 2.19. The summed E-state index contributed by atoms with van der Waals surface area (Å²) in [5.74, 6) is -0.275. The summed E-state index contributed by atoms with van der Waals surface area (Å²) >= 11 is 1.31. The number of nitrogens with zero attached hydrogens (tertiary/aromatic N) is 1. The van der Waals surface area contributed by atoms with E-state index in [0.29, 0.717) is 23.0 Å². The predicted molar refractivity (Wildman–Crippen MR) is 107 cm³/mol. The number of carboxylic acids is 1. The van der Waals surface area contributed by atoms with E-state index in [-0.39, 0.29) is 0 Å². The smallest absolute Gasteiger partial charge is 0.346 e. The van der Waals surface area contributed by atoms with Gasteiger partial charge in [0.2, 0.25) is 0 Å². The van der Waals surface area contributed by atoms with E-state index in [0.717, 1.165) is 23.5 Å². The molecule has 0 spiro atoms. The molecule has 5 heteroatoms. The number of carboxylic acid groups (broad SMARTS) is 1. The Bertz CT molecular complexity index is 771. The SMILES string of the molecule is CCO/C=C/c1cc(-c2ccc(C3CCN(C)CC3)cc2)sc1C(=O)O. The molecule has 1 aromatic heterocycles. The van der Waals surface area contributed by atoms with Gasteiger partial charge in [-0.1, -0.05) is 24.3 Å². The first kappa shape index (κ1) is 18.7. The van der Waals surface area contributed by atoms with Crippen molar-refractivity contribution in [2.45, 2.75) is 25.7 Å². The van der Waals surface area contributed by atoms with Gasteiger partial charge in [-0.05, 0) is 69.1 Å². The molecule has 26 heavy (non-hydrogen) atoms. The average Bonchev–Trinajstić information content (AvgIpc) is 3.07. The Balaban J connectivity index is 1.80. The molecule has 0 aliphatic carbocycles. The first-order chi connectivity index (χ1) is 12.6. The van der Waals surface area contributed by atoms with Crippen molar-refractivity contribution in [3.8, 4) is 10.4 Å². The summed E-state index contributed by atoms with van der Waals surface area (Å²) in [7, 11) is 2.17. The van der Waals surface area contributed by atoms with E-state index in [4.69, 9.17) is 4.74 Å². The fourth-order valence-corrected chi connectivity index (χ4v) is 4.31. The van der Waals surface area contributed by atoms with Crippen LogP contribution in [0.15, 0.2) is 36.6 Å². The van der Waals surface area contributed by atoms with Gasteiger partial charge in [0.25, 0.3) is 0 Å². The highest BCUT2D eigenvalue weighted by atomic mass is 32.1. The van der Waals surface area contributed by atoms with Crippen molar-refractivity contribution in [2.75, 3.05) is 26.7 Å². The molecule has 3 rings (SSSR count). The van der Waals surface area contributed by atoms with E-state index in [2.05, 4.69) is 36.2 Å². The zero-order valence-corrected chi connectivity index (χ0v) is 16.1. The molecule has 0 unspecified atom stereocenters. The molecule has 1 aliphatic rings. The van der Waals surface area contributed by atoms with Gasteiger partial charge in [-0.2, -0.15) is 0 Å². The quantitative estimate of drug-likeness (QED) is 0.732. The number of ether oxygens (including phenoxy) is 1.